The summed E-state index contributed by atoms with van der Waals surface area (Å²) in [5.74, 6) is -0.128. The average Bonchev–Trinajstić information content (AvgIpc) is 2.82. The summed E-state index contributed by atoms with van der Waals surface area (Å²) in [7, 11) is 0. The second kappa shape index (κ2) is 5.89. The standard InChI is InChI=1S/C15H15F4NO/c1-3-20-14(13-7-4-9(2)21-13)10-5-6-12(16)11(8-10)15(17,18)19/h4-8,14,20H,3H2,1-2H3. The molecule has 114 valence electrons. The van der Waals surface area contributed by atoms with Crippen molar-refractivity contribution in [2.24, 2.45) is 0 Å². The molecule has 0 fully saturated rings. The minimum absolute atomic E-state index is 0.305. The van der Waals surface area contributed by atoms with Crippen LogP contribution in [0.4, 0.5) is 17.6 Å². The fraction of sp³-hybridized carbons (Fsp3) is 0.333. The molecule has 2 aromatic rings. The Hall–Kier alpha value is -1.82. The molecule has 0 amide bonds. The Morgan fingerprint density at radius 1 is 1.19 bits per heavy atom. The summed E-state index contributed by atoms with van der Waals surface area (Å²) in [5.41, 5.74) is -0.967. The normalized spacial score (nSPS) is 13.4. The minimum Gasteiger partial charge on any atom is -0.464 e. The van der Waals surface area contributed by atoms with E-state index in [2.05, 4.69) is 5.32 Å². The number of benzene rings is 1. The van der Waals surface area contributed by atoms with Gasteiger partial charge in [-0.15, -0.1) is 0 Å². The van der Waals surface area contributed by atoms with Gasteiger partial charge in [0.05, 0.1) is 11.6 Å². The van der Waals surface area contributed by atoms with Crippen molar-refractivity contribution < 1.29 is 22.0 Å². The Morgan fingerprint density at radius 3 is 2.43 bits per heavy atom. The first-order valence-corrected chi connectivity index (χ1v) is 6.49. The van der Waals surface area contributed by atoms with Crippen LogP contribution in [0.25, 0.3) is 0 Å². The van der Waals surface area contributed by atoms with Gasteiger partial charge in [-0.3, -0.25) is 0 Å². The van der Waals surface area contributed by atoms with Crippen LogP contribution in [0, 0.1) is 12.7 Å². The maximum Gasteiger partial charge on any atom is 0.419 e. The third-order valence-electron chi connectivity index (χ3n) is 3.08. The zero-order valence-electron chi connectivity index (χ0n) is 11.6. The lowest BCUT2D eigenvalue weighted by molar-refractivity contribution is -0.140. The van der Waals surface area contributed by atoms with Gasteiger partial charge in [0.2, 0.25) is 0 Å². The van der Waals surface area contributed by atoms with Crippen LogP contribution in [0.15, 0.2) is 34.7 Å². The number of hydrogen-bond acceptors (Lipinski definition) is 2. The SMILES string of the molecule is CCNC(c1ccc(F)c(C(F)(F)F)c1)c1ccc(C)o1. The van der Waals surface area contributed by atoms with E-state index in [0.717, 1.165) is 12.1 Å². The number of aryl methyl sites for hydroxylation is 1. The largest absolute Gasteiger partial charge is 0.464 e. The van der Waals surface area contributed by atoms with Crippen LogP contribution < -0.4 is 5.32 Å². The van der Waals surface area contributed by atoms with Gasteiger partial charge in [0.15, 0.2) is 0 Å². The van der Waals surface area contributed by atoms with Crippen molar-refractivity contribution in [2.75, 3.05) is 6.54 Å². The van der Waals surface area contributed by atoms with Crippen molar-refractivity contribution in [3.05, 3.63) is 58.8 Å². The molecule has 1 atom stereocenters. The Morgan fingerprint density at radius 2 is 1.90 bits per heavy atom. The van der Waals surface area contributed by atoms with Gasteiger partial charge in [-0.25, -0.2) is 4.39 Å². The molecule has 1 unspecified atom stereocenters. The predicted molar refractivity (Wildman–Crippen MR) is 70.4 cm³/mol. The molecule has 0 aliphatic heterocycles. The van der Waals surface area contributed by atoms with Gasteiger partial charge in [0.25, 0.3) is 0 Å². The fourth-order valence-corrected chi connectivity index (χ4v) is 2.14. The van der Waals surface area contributed by atoms with Gasteiger partial charge in [0, 0.05) is 0 Å². The number of alkyl halides is 3. The molecule has 0 bridgehead atoms. The smallest absolute Gasteiger partial charge is 0.419 e. The Bertz CT molecular complexity index is 618. The van der Waals surface area contributed by atoms with Crippen LogP contribution in [-0.2, 0) is 6.18 Å². The minimum atomic E-state index is -4.73. The average molecular weight is 301 g/mol. The van der Waals surface area contributed by atoms with Gasteiger partial charge < -0.3 is 9.73 Å². The lowest BCUT2D eigenvalue weighted by Crippen LogP contribution is -2.22. The quantitative estimate of drug-likeness (QED) is 0.844. The molecule has 6 heteroatoms. The number of nitrogens with one attached hydrogen (secondary N) is 1. The summed E-state index contributed by atoms with van der Waals surface area (Å²) in [6, 6.07) is 5.85. The topological polar surface area (TPSA) is 25.2 Å². The Balaban J connectivity index is 2.46. The summed E-state index contributed by atoms with van der Waals surface area (Å²) in [6.07, 6.45) is -4.73. The van der Waals surface area contributed by atoms with Crippen molar-refractivity contribution in [2.45, 2.75) is 26.1 Å². The van der Waals surface area contributed by atoms with E-state index in [4.69, 9.17) is 4.42 Å². The van der Waals surface area contributed by atoms with Crippen LogP contribution in [0.3, 0.4) is 0 Å². The van der Waals surface area contributed by atoms with E-state index >= 15 is 0 Å². The summed E-state index contributed by atoms with van der Waals surface area (Å²) >= 11 is 0. The first kappa shape index (κ1) is 15.6. The van der Waals surface area contributed by atoms with E-state index < -0.39 is 23.6 Å². The van der Waals surface area contributed by atoms with Gasteiger partial charge in [-0.2, -0.15) is 13.2 Å². The molecule has 2 nitrogen and oxygen atoms in total. The molecule has 0 saturated heterocycles. The van der Waals surface area contributed by atoms with Crippen LogP contribution in [0.1, 0.15) is 35.6 Å². The first-order chi connectivity index (χ1) is 9.82. The highest BCUT2D eigenvalue weighted by molar-refractivity contribution is 5.33. The van der Waals surface area contributed by atoms with Gasteiger partial charge >= 0.3 is 6.18 Å². The Kier molecular flexibility index (Phi) is 4.37. The van der Waals surface area contributed by atoms with Gasteiger partial charge in [0.1, 0.15) is 17.3 Å². The van der Waals surface area contributed by atoms with Crippen LogP contribution >= 0.6 is 0 Å². The van der Waals surface area contributed by atoms with Crippen molar-refractivity contribution >= 4 is 0 Å². The number of halogens is 4. The third-order valence-corrected chi connectivity index (χ3v) is 3.08. The highest BCUT2D eigenvalue weighted by atomic mass is 19.4. The van der Waals surface area contributed by atoms with Crippen molar-refractivity contribution in [3.63, 3.8) is 0 Å². The lowest BCUT2D eigenvalue weighted by Gasteiger charge is -2.18. The molecule has 0 aliphatic rings. The first-order valence-electron chi connectivity index (χ1n) is 6.49. The maximum atomic E-state index is 13.4. The molecule has 1 aromatic heterocycles. The number of furan rings is 1. The summed E-state index contributed by atoms with van der Waals surface area (Å²) in [4.78, 5) is 0. The van der Waals surface area contributed by atoms with Crippen LogP contribution in [0.5, 0.6) is 0 Å². The van der Waals surface area contributed by atoms with E-state index in [0.29, 0.717) is 23.6 Å². The summed E-state index contributed by atoms with van der Waals surface area (Å²) in [6.45, 7) is 4.11. The fourth-order valence-electron chi connectivity index (χ4n) is 2.14. The molecule has 0 saturated carbocycles. The van der Waals surface area contributed by atoms with Crippen LogP contribution in [-0.4, -0.2) is 6.54 Å². The molecule has 21 heavy (non-hydrogen) atoms. The molecule has 2 rings (SSSR count). The molecule has 1 N–H and O–H groups in total. The molecule has 0 aliphatic carbocycles. The maximum absolute atomic E-state index is 13.4. The second-order valence-corrected chi connectivity index (χ2v) is 4.68. The van der Waals surface area contributed by atoms with Crippen LogP contribution in [0.2, 0.25) is 0 Å². The monoisotopic (exact) mass is 301 g/mol. The van der Waals surface area contributed by atoms with Crippen molar-refractivity contribution in [3.8, 4) is 0 Å². The molecule has 1 heterocycles. The lowest BCUT2D eigenvalue weighted by atomic mass is 10.0. The summed E-state index contributed by atoms with van der Waals surface area (Å²) in [5, 5.41) is 3.04. The Labute approximate surface area is 119 Å². The zero-order chi connectivity index (χ0) is 15.6. The molecule has 0 spiro atoms. The molecule has 1 aromatic carbocycles. The van der Waals surface area contributed by atoms with E-state index in [1.54, 1.807) is 19.1 Å². The summed E-state index contributed by atoms with van der Waals surface area (Å²) < 4.78 is 57.2. The molecular weight excluding hydrogens is 286 g/mol. The second-order valence-electron chi connectivity index (χ2n) is 4.68. The third kappa shape index (κ3) is 3.44. The van der Waals surface area contributed by atoms with E-state index in [-0.39, 0.29) is 0 Å². The van der Waals surface area contributed by atoms with Gasteiger partial charge in [-0.05, 0) is 43.3 Å². The van der Waals surface area contributed by atoms with E-state index in [1.807, 2.05) is 6.92 Å². The van der Waals surface area contributed by atoms with Crippen molar-refractivity contribution in [1.82, 2.24) is 5.32 Å². The predicted octanol–water partition coefficient (Wildman–Crippen LogP) is 4.44. The molecular formula is C15H15F4NO. The van der Waals surface area contributed by atoms with E-state index in [9.17, 15) is 17.6 Å². The van der Waals surface area contributed by atoms with Gasteiger partial charge in [-0.1, -0.05) is 13.0 Å². The number of hydrogen-bond donors (Lipinski definition) is 1. The number of rotatable bonds is 4. The molecule has 0 radical (unpaired) electrons. The van der Waals surface area contributed by atoms with E-state index in [1.165, 1.54) is 6.07 Å². The highest BCUT2D eigenvalue weighted by Gasteiger charge is 2.35. The van der Waals surface area contributed by atoms with Crippen molar-refractivity contribution in [1.29, 1.82) is 0 Å². The zero-order valence-corrected chi connectivity index (χ0v) is 11.6. The highest BCUT2D eigenvalue weighted by Crippen LogP contribution is 2.34.